The maximum atomic E-state index is 13.2. The molecule has 2 aliphatic heterocycles. The van der Waals surface area contributed by atoms with Crippen molar-refractivity contribution in [2.75, 3.05) is 30.5 Å². The normalized spacial score (nSPS) is 19.5. The molecule has 1 spiro atoms. The molecule has 2 aliphatic rings. The Morgan fingerprint density at radius 1 is 0.931 bits per heavy atom. The van der Waals surface area contributed by atoms with Crippen molar-refractivity contribution in [3.63, 3.8) is 0 Å². The van der Waals surface area contributed by atoms with E-state index in [9.17, 15) is 21.6 Å². The number of hydrogen-bond acceptors (Lipinski definition) is 3. The molecule has 2 heterocycles. The smallest absolute Gasteiger partial charge is 0.295 e. The predicted octanol–water partition coefficient (Wildman–Crippen LogP) is 3.93. The van der Waals surface area contributed by atoms with E-state index in [2.05, 4.69) is 0 Å². The van der Waals surface area contributed by atoms with Crippen LogP contribution >= 0.6 is 0 Å². The molecule has 0 saturated carbocycles. The summed E-state index contributed by atoms with van der Waals surface area (Å²) in [5.41, 5.74) is 1.88. The van der Waals surface area contributed by atoms with Gasteiger partial charge in [0.15, 0.2) is 0 Å². The number of hydrogen-bond donors (Lipinski definition) is 0. The topological polar surface area (TPSA) is 40.6 Å². The van der Waals surface area contributed by atoms with Gasteiger partial charge in [-0.05, 0) is 43.1 Å². The maximum Gasteiger partial charge on any atom is 0.401 e. The molecule has 0 atom stereocenters. The summed E-state index contributed by atoms with van der Waals surface area (Å²) in [5, 5.41) is 0. The zero-order chi connectivity index (χ0) is 20.7. The van der Waals surface area contributed by atoms with Crippen LogP contribution in [-0.4, -0.2) is 45.7 Å². The van der Waals surface area contributed by atoms with E-state index in [4.69, 9.17) is 0 Å². The first-order valence-electron chi connectivity index (χ1n) is 9.62. The van der Waals surface area contributed by atoms with Gasteiger partial charge in [-0.1, -0.05) is 48.5 Å². The fourth-order valence-electron chi connectivity index (χ4n) is 4.52. The Bertz CT molecular complexity index is 969. The van der Waals surface area contributed by atoms with Gasteiger partial charge in [-0.2, -0.15) is 13.2 Å². The highest BCUT2D eigenvalue weighted by Crippen LogP contribution is 2.48. The van der Waals surface area contributed by atoms with E-state index in [-0.39, 0.29) is 5.75 Å². The molecule has 0 aromatic heterocycles. The van der Waals surface area contributed by atoms with Crippen molar-refractivity contribution in [3.05, 3.63) is 65.7 Å². The van der Waals surface area contributed by atoms with Gasteiger partial charge in [0.25, 0.3) is 0 Å². The van der Waals surface area contributed by atoms with Crippen LogP contribution in [0.5, 0.6) is 0 Å². The summed E-state index contributed by atoms with van der Waals surface area (Å²) in [6.07, 6.45) is -3.20. The zero-order valence-corrected chi connectivity index (χ0v) is 16.7. The van der Waals surface area contributed by atoms with Crippen molar-refractivity contribution in [2.45, 2.75) is 30.2 Å². The molecular weight excluding hydrogens is 401 g/mol. The lowest BCUT2D eigenvalue weighted by molar-refractivity contribution is -0.149. The summed E-state index contributed by atoms with van der Waals surface area (Å²) >= 11 is 0. The molecule has 4 nitrogen and oxygen atoms in total. The minimum atomic E-state index is -4.22. The summed E-state index contributed by atoms with van der Waals surface area (Å²) in [7, 11) is -3.60. The number of halogens is 3. The van der Waals surface area contributed by atoms with E-state index < -0.39 is 28.2 Å². The van der Waals surface area contributed by atoms with E-state index in [1.165, 1.54) is 9.21 Å². The Kier molecular flexibility index (Phi) is 5.11. The van der Waals surface area contributed by atoms with Crippen LogP contribution in [0.4, 0.5) is 18.9 Å². The number of fused-ring (bicyclic) bond motifs is 2. The average Bonchev–Trinajstić information content (AvgIpc) is 2.99. The number of piperidine rings is 1. The Labute approximate surface area is 169 Å². The SMILES string of the molecule is O=S(=O)(Cc1ccccc1)N1CC2(CCN(CC(F)(F)F)CC2)c2ccccc21. The Balaban J connectivity index is 1.59. The third-order valence-electron chi connectivity index (χ3n) is 5.93. The molecule has 0 N–H and O–H groups in total. The number of para-hydroxylation sites is 1. The first-order valence-corrected chi connectivity index (χ1v) is 11.2. The van der Waals surface area contributed by atoms with Gasteiger partial charge in [0.2, 0.25) is 10.0 Å². The summed E-state index contributed by atoms with van der Waals surface area (Å²) in [4.78, 5) is 1.41. The van der Waals surface area contributed by atoms with Gasteiger partial charge in [0.1, 0.15) is 0 Å². The van der Waals surface area contributed by atoms with Gasteiger partial charge in [0, 0.05) is 12.0 Å². The molecule has 156 valence electrons. The molecule has 4 rings (SSSR count). The molecule has 1 fully saturated rings. The Morgan fingerprint density at radius 2 is 1.55 bits per heavy atom. The van der Waals surface area contributed by atoms with Crippen LogP contribution in [0.2, 0.25) is 0 Å². The lowest BCUT2D eigenvalue weighted by Crippen LogP contribution is -2.48. The fraction of sp³-hybridized carbons (Fsp3) is 0.429. The minimum Gasteiger partial charge on any atom is -0.295 e. The third kappa shape index (κ3) is 4.14. The second-order valence-electron chi connectivity index (χ2n) is 7.94. The molecule has 8 heteroatoms. The summed E-state index contributed by atoms with van der Waals surface area (Å²) in [5.74, 6) is -0.0988. The molecule has 2 aromatic rings. The Hall–Kier alpha value is -2.06. The third-order valence-corrected chi connectivity index (χ3v) is 7.63. The van der Waals surface area contributed by atoms with Gasteiger partial charge < -0.3 is 0 Å². The maximum absolute atomic E-state index is 13.2. The molecule has 0 amide bonds. The van der Waals surface area contributed by atoms with Crippen LogP contribution in [0, 0.1) is 0 Å². The molecule has 0 aliphatic carbocycles. The second kappa shape index (κ2) is 7.32. The highest BCUT2D eigenvalue weighted by atomic mass is 32.2. The van der Waals surface area contributed by atoms with Gasteiger partial charge in [-0.15, -0.1) is 0 Å². The van der Waals surface area contributed by atoms with Gasteiger partial charge in [0.05, 0.1) is 18.0 Å². The summed E-state index contributed by atoms with van der Waals surface area (Å²) < 4.78 is 66.1. The lowest BCUT2D eigenvalue weighted by atomic mass is 9.74. The van der Waals surface area contributed by atoms with E-state index in [1.54, 1.807) is 30.3 Å². The van der Waals surface area contributed by atoms with Gasteiger partial charge in [-0.3, -0.25) is 9.21 Å². The predicted molar refractivity (Wildman–Crippen MR) is 106 cm³/mol. The van der Waals surface area contributed by atoms with Crippen LogP contribution in [0.15, 0.2) is 54.6 Å². The molecule has 0 bridgehead atoms. The molecule has 29 heavy (non-hydrogen) atoms. The summed E-state index contributed by atoms with van der Waals surface area (Å²) in [6, 6.07) is 16.4. The number of likely N-dealkylation sites (tertiary alicyclic amines) is 1. The standard InChI is InChI=1S/C21H23F3N2O2S/c22-21(23,24)16-25-12-10-20(11-13-25)15-26(19-9-5-4-8-18(19)20)29(27,28)14-17-6-2-1-3-7-17/h1-9H,10-16H2. The molecule has 1 saturated heterocycles. The number of nitrogens with zero attached hydrogens (tertiary/aromatic N) is 2. The first-order chi connectivity index (χ1) is 13.7. The monoisotopic (exact) mass is 424 g/mol. The zero-order valence-electron chi connectivity index (χ0n) is 15.9. The van der Waals surface area contributed by atoms with Crippen molar-refractivity contribution in [1.82, 2.24) is 4.90 Å². The molecular formula is C21H23F3N2O2S. The minimum absolute atomic E-state index is 0.0988. The quantitative estimate of drug-likeness (QED) is 0.747. The second-order valence-corrected chi connectivity index (χ2v) is 9.83. The number of sulfonamides is 1. The molecule has 0 unspecified atom stereocenters. The van der Waals surface area contributed by atoms with Crippen LogP contribution in [0.25, 0.3) is 0 Å². The van der Waals surface area contributed by atoms with E-state index in [0.717, 1.165) is 5.56 Å². The van der Waals surface area contributed by atoms with Crippen molar-refractivity contribution in [2.24, 2.45) is 0 Å². The number of anilines is 1. The van der Waals surface area contributed by atoms with Crippen molar-refractivity contribution in [3.8, 4) is 0 Å². The highest BCUT2D eigenvalue weighted by Gasteiger charge is 2.48. The first kappa shape index (κ1) is 20.2. The van der Waals surface area contributed by atoms with Crippen molar-refractivity contribution >= 4 is 15.7 Å². The van der Waals surface area contributed by atoms with Crippen molar-refractivity contribution in [1.29, 1.82) is 0 Å². The number of rotatable bonds is 4. The molecule has 0 radical (unpaired) electrons. The lowest BCUT2D eigenvalue weighted by Gasteiger charge is -2.40. The Morgan fingerprint density at radius 3 is 2.21 bits per heavy atom. The number of alkyl halides is 3. The van der Waals surface area contributed by atoms with E-state index in [1.807, 2.05) is 24.3 Å². The molecule has 2 aromatic carbocycles. The van der Waals surface area contributed by atoms with Gasteiger partial charge in [-0.25, -0.2) is 8.42 Å². The van der Waals surface area contributed by atoms with Crippen molar-refractivity contribution < 1.29 is 21.6 Å². The number of benzene rings is 2. The van der Waals surface area contributed by atoms with Crippen LogP contribution in [-0.2, 0) is 21.2 Å². The summed E-state index contributed by atoms with van der Waals surface area (Å²) in [6.45, 7) is -0.0110. The van der Waals surface area contributed by atoms with Gasteiger partial charge >= 0.3 is 6.18 Å². The van der Waals surface area contributed by atoms with Crippen LogP contribution < -0.4 is 4.31 Å². The van der Waals surface area contributed by atoms with Crippen LogP contribution in [0.3, 0.4) is 0 Å². The van der Waals surface area contributed by atoms with E-state index >= 15 is 0 Å². The van der Waals surface area contributed by atoms with E-state index in [0.29, 0.717) is 43.7 Å². The average molecular weight is 424 g/mol. The van der Waals surface area contributed by atoms with Crippen LogP contribution in [0.1, 0.15) is 24.0 Å². The fourth-order valence-corrected chi connectivity index (χ4v) is 6.19. The highest BCUT2D eigenvalue weighted by molar-refractivity contribution is 7.92. The largest absolute Gasteiger partial charge is 0.401 e.